The zero-order valence-electron chi connectivity index (χ0n) is 12.9. The number of benzene rings is 1. The SMILES string of the molecule is CC(C)C(=O)N(C)[C@]1(c2ccccc2Cl)CCCCC1=O. The van der Waals surface area contributed by atoms with Gasteiger partial charge in [0.2, 0.25) is 5.91 Å². The van der Waals surface area contributed by atoms with Crippen LogP contribution in [0.25, 0.3) is 0 Å². The van der Waals surface area contributed by atoms with Gasteiger partial charge in [-0.2, -0.15) is 0 Å². The lowest BCUT2D eigenvalue weighted by molar-refractivity contribution is -0.150. The largest absolute Gasteiger partial charge is 0.329 e. The van der Waals surface area contributed by atoms with E-state index in [4.69, 9.17) is 11.6 Å². The van der Waals surface area contributed by atoms with Crippen LogP contribution in [0.2, 0.25) is 5.02 Å². The zero-order valence-corrected chi connectivity index (χ0v) is 13.6. The summed E-state index contributed by atoms with van der Waals surface area (Å²) >= 11 is 6.35. The van der Waals surface area contributed by atoms with Crippen LogP contribution in [-0.4, -0.2) is 23.6 Å². The minimum atomic E-state index is -0.905. The molecule has 1 aromatic rings. The van der Waals surface area contributed by atoms with Crippen LogP contribution in [0.5, 0.6) is 0 Å². The first-order chi connectivity index (χ1) is 9.91. The maximum atomic E-state index is 12.8. The summed E-state index contributed by atoms with van der Waals surface area (Å²) in [5.41, 5.74) is -0.148. The summed E-state index contributed by atoms with van der Waals surface area (Å²) in [4.78, 5) is 26.9. The molecule has 21 heavy (non-hydrogen) atoms. The number of nitrogens with zero attached hydrogens (tertiary/aromatic N) is 1. The molecule has 0 bridgehead atoms. The van der Waals surface area contributed by atoms with E-state index in [1.807, 2.05) is 32.0 Å². The molecule has 1 aromatic carbocycles. The summed E-state index contributed by atoms with van der Waals surface area (Å²) in [5, 5.41) is 0.552. The van der Waals surface area contributed by atoms with Crippen molar-refractivity contribution in [3.05, 3.63) is 34.9 Å². The van der Waals surface area contributed by atoms with Gasteiger partial charge in [-0.1, -0.05) is 43.6 Å². The Kier molecular flexibility index (Phi) is 4.72. The van der Waals surface area contributed by atoms with Crippen molar-refractivity contribution in [3.8, 4) is 0 Å². The van der Waals surface area contributed by atoms with E-state index in [2.05, 4.69) is 0 Å². The number of hydrogen-bond acceptors (Lipinski definition) is 2. The van der Waals surface area contributed by atoms with Crippen molar-refractivity contribution in [3.63, 3.8) is 0 Å². The molecule has 0 aliphatic heterocycles. The maximum absolute atomic E-state index is 12.8. The topological polar surface area (TPSA) is 37.4 Å². The molecule has 1 aliphatic rings. The number of carbonyl (C=O) groups excluding carboxylic acids is 2. The summed E-state index contributed by atoms with van der Waals surface area (Å²) in [6, 6.07) is 7.37. The van der Waals surface area contributed by atoms with Crippen molar-refractivity contribution in [1.82, 2.24) is 4.90 Å². The van der Waals surface area contributed by atoms with E-state index in [-0.39, 0.29) is 17.6 Å². The minimum Gasteiger partial charge on any atom is -0.329 e. The molecule has 0 spiro atoms. The Bertz CT molecular complexity index is 555. The molecular weight excluding hydrogens is 286 g/mol. The lowest BCUT2D eigenvalue weighted by Crippen LogP contribution is -2.55. The molecule has 0 unspecified atom stereocenters. The fourth-order valence-corrected chi connectivity index (χ4v) is 3.50. The van der Waals surface area contributed by atoms with Gasteiger partial charge in [0.25, 0.3) is 0 Å². The molecule has 0 saturated heterocycles. The predicted molar refractivity (Wildman–Crippen MR) is 84.2 cm³/mol. The highest BCUT2D eigenvalue weighted by atomic mass is 35.5. The highest BCUT2D eigenvalue weighted by Crippen LogP contribution is 2.42. The van der Waals surface area contributed by atoms with Gasteiger partial charge in [-0.15, -0.1) is 0 Å². The van der Waals surface area contributed by atoms with Crippen LogP contribution in [0.15, 0.2) is 24.3 Å². The van der Waals surface area contributed by atoms with E-state index in [9.17, 15) is 9.59 Å². The fraction of sp³-hybridized carbons (Fsp3) is 0.529. The number of amides is 1. The van der Waals surface area contributed by atoms with Gasteiger partial charge >= 0.3 is 0 Å². The molecule has 2 rings (SSSR count). The second-order valence-corrected chi connectivity index (χ2v) is 6.43. The third kappa shape index (κ3) is 2.71. The molecule has 4 heteroatoms. The molecule has 1 aliphatic carbocycles. The summed E-state index contributed by atoms with van der Waals surface area (Å²) in [7, 11) is 1.73. The standard InChI is InChI=1S/C17H22ClNO2/c1-12(2)16(21)19(3)17(11-7-6-10-15(17)20)13-8-4-5-9-14(13)18/h4-5,8-9,12H,6-7,10-11H2,1-3H3/t17-/m0/s1. The summed E-state index contributed by atoms with van der Waals surface area (Å²) in [6.45, 7) is 3.71. The molecule has 1 amide bonds. The van der Waals surface area contributed by atoms with E-state index < -0.39 is 5.54 Å². The third-order valence-corrected chi connectivity index (χ3v) is 4.70. The Morgan fingerprint density at radius 1 is 1.29 bits per heavy atom. The average Bonchev–Trinajstić information content (AvgIpc) is 2.47. The molecule has 0 heterocycles. The van der Waals surface area contributed by atoms with Gasteiger partial charge in [-0.05, 0) is 25.3 Å². The van der Waals surface area contributed by atoms with Gasteiger partial charge in [0.15, 0.2) is 5.78 Å². The van der Waals surface area contributed by atoms with Crippen molar-refractivity contribution < 1.29 is 9.59 Å². The van der Waals surface area contributed by atoms with Gasteiger partial charge < -0.3 is 4.90 Å². The van der Waals surface area contributed by atoms with Gasteiger partial charge in [0, 0.05) is 30.0 Å². The third-order valence-electron chi connectivity index (χ3n) is 4.37. The lowest BCUT2D eigenvalue weighted by Gasteiger charge is -2.44. The second kappa shape index (κ2) is 6.18. The van der Waals surface area contributed by atoms with Crippen LogP contribution in [-0.2, 0) is 15.1 Å². The quantitative estimate of drug-likeness (QED) is 0.852. The Morgan fingerprint density at radius 2 is 1.95 bits per heavy atom. The molecule has 114 valence electrons. The normalized spacial score (nSPS) is 22.4. The van der Waals surface area contributed by atoms with Crippen LogP contribution in [0.1, 0.15) is 45.1 Å². The van der Waals surface area contributed by atoms with Crippen LogP contribution < -0.4 is 0 Å². The summed E-state index contributed by atoms with van der Waals surface area (Å²) in [5.74, 6) is -0.0763. The van der Waals surface area contributed by atoms with Gasteiger partial charge in [-0.25, -0.2) is 0 Å². The van der Waals surface area contributed by atoms with Crippen LogP contribution in [0, 0.1) is 5.92 Å². The van der Waals surface area contributed by atoms with E-state index in [1.165, 1.54) is 0 Å². The highest BCUT2D eigenvalue weighted by Gasteiger charge is 2.48. The van der Waals surface area contributed by atoms with Crippen molar-refractivity contribution in [2.75, 3.05) is 7.05 Å². The molecule has 1 saturated carbocycles. The predicted octanol–water partition coefficient (Wildman–Crippen LogP) is 3.79. The van der Waals surface area contributed by atoms with E-state index in [1.54, 1.807) is 18.0 Å². The lowest BCUT2D eigenvalue weighted by atomic mass is 9.74. The van der Waals surface area contributed by atoms with Crippen LogP contribution in [0.4, 0.5) is 0 Å². The van der Waals surface area contributed by atoms with E-state index in [0.717, 1.165) is 18.4 Å². The Hall–Kier alpha value is -1.35. The molecule has 0 radical (unpaired) electrons. The van der Waals surface area contributed by atoms with Gasteiger partial charge in [0.1, 0.15) is 5.54 Å². The Labute approximate surface area is 131 Å². The number of halogens is 1. The zero-order chi connectivity index (χ0) is 15.6. The molecule has 1 atom stereocenters. The first-order valence-electron chi connectivity index (χ1n) is 7.47. The number of carbonyl (C=O) groups is 2. The molecule has 0 aromatic heterocycles. The number of likely N-dealkylation sites (N-methyl/N-ethyl adjacent to an activating group) is 1. The number of Topliss-reactive ketones (excluding diaryl/α,β-unsaturated/α-hetero) is 1. The summed E-state index contributed by atoms with van der Waals surface area (Å²) in [6.07, 6.45) is 2.95. The number of hydrogen-bond donors (Lipinski definition) is 0. The minimum absolute atomic E-state index is 0.0230. The maximum Gasteiger partial charge on any atom is 0.225 e. The van der Waals surface area contributed by atoms with Gasteiger partial charge in [-0.3, -0.25) is 9.59 Å². The van der Waals surface area contributed by atoms with Crippen molar-refractivity contribution in [2.24, 2.45) is 5.92 Å². The molecule has 3 nitrogen and oxygen atoms in total. The van der Waals surface area contributed by atoms with Crippen molar-refractivity contribution in [2.45, 2.75) is 45.1 Å². The first kappa shape index (κ1) is 16.0. The van der Waals surface area contributed by atoms with Crippen molar-refractivity contribution >= 4 is 23.3 Å². The number of rotatable bonds is 3. The molecular formula is C17H22ClNO2. The van der Waals surface area contributed by atoms with Crippen LogP contribution >= 0.6 is 11.6 Å². The summed E-state index contributed by atoms with van der Waals surface area (Å²) < 4.78 is 0. The van der Waals surface area contributed by atoms with Gasteiger partial charge in [0.05, 0.1) is 0 Å². The van der Waals surface area contributed by atoms with Crippen LogP contribution in [0.3, 0.4) is 0 Å². The molecule has 0 N–H and O–H groups in total. The first-order valence-corrected chi connectivity index (χ1v) is 7.85. The highest BCUT2D eigenvalue weighted by molar-refractivity contribution is 6.31. The number of ketones is 1. The van der Waals surface area contributed by atoms with E-state index in [0.29, 0.717) is 17.9 Å². The average molecular weight is 308 g/mol. The molecule has 1 fully saturated rings. The second-order valence-electron chi connectivity index (χ2n) is 6.02. The van der Waals surface area contributed by atoms with E-state index >= 15 is 0 Å². The Morgan fingerprint density at radius 3 is 2.52 bits per heavy atom. The van der Waals surface area contributed by atoms with Crippen molar-refractivity contribution in [1.29, 1.82) is 0 Å². The fourth-order valence-electron chi connectivity index (χ4n) is 3.20. The monoisotopic (exact) mass is 307 g/mol. The smallest absolute Gasteiger partial charge is 0.225 e. The Balaban J connectivity index is 2.58.